The summed E-state index contributed by atoms with van der Waals surface area (Å²) < 4.78 is 6.18. The standard InChI is InChI=1S/C10H12N4O2/c1-16-10(15)8-5-13-14-6-7(2-3-11)4-12-9(8)14/h4-6H,2-3,11H2,1H3. The van der Waals surface area contributed by atoms with E-state index in [9.17, 15) is 4.79 Å². The number of fused-ring (bicyclic) bond motifs is 1. The highest BCUT2D eigenvalue weighted by Crippen LogP contribution is 2.10. The maximum absolute atomic E-state index is 11.4. The molecule has 0 bridgehead atoms. The Labute approximate surface area is 92.0 Å². The van der Waals surface area contributed by atoms with E-state index in [2.05, 4.69) is 14.8 Å². The third-order valence-corrected chi connectivity index (χ3v) is 2.25. The molecule has 0 spiro atoms. The molecule has 0 amide bonds. The summed E-state index contributed by atoms with van der Waals surface area (Å²) in [5, 5.41) is 4.04. The normalized spacial score (nSPS) is 10.6. The van der Waals surface area contributed by atoms with Crippen molar-refractivity contribution in [3.63, 3.8) is 0 Å². The predicted octanol–water partition coefficient (Wildman–Crippen LogP) is 0.0171. The molecule has 0 saturated heterocycles. The molecular formula is C10H12N4O2. The van der Waals surface area contributed by atoms with E-state index in [1.807, 2.05) is 6.20 Å². The molecule has 0 unspecified atom stereocenters. The lowest BCUT2D eigenvalue weighted by Crippen LogP contribution is -2.05. The van der Waals surface area contributed by atoms with Crippen molar-refractivity contribution in [2.45, 2.75) is 6.42 Å². The van der Waals surface area contributed by atoms with Crippen molar-refractivity contribution in [1.82, 2.24) is 14.6 Å². The van der Waals surface area contributed by atoms with Gasteiger partial charge in [-0.1, -0.05) is 0 Å². The number of aromatic nitrogens is 3. The van der Waals surface area contributed by atoms with Crippen LogP contribution >= 0.6 is 0 Å². The molecule has 6 heteroatoms. The Kier molecular flexibility index (Phi) is 2.82. The fourth-order valence-corrected chi connectivity index (χ4v) is 1.46. The van der Waals surface area contributed by atoms with Crippen LogP contribution in [0.5, 0.6) is 0 Å². The summed E-state index contributed by atoms with van der Waals surface area (Å²) in [5.41, 5.74) is 7.28. The Morgan fingerprint density at radius 3 is 3.06 bits per heavy atom. The summed E-state index contributed by atoms with van der Waals surface area (Å²) in [4.78, 5) is 15.5. The summed E-state index contributed by atoms with van der Waals surface area (Å²) >= 11 is 0. The SMILES string of the molecule is COC(=O)c1cnn2cc(CCN)cnc12. The second kappa shape index (κ2) is 4.28. The van der Waals surface area contributed by atoms with Crippen LogP contribution in [-0.4, -0.2) is 34.2 Å². The van der Waals surface area contributed by atoms with Gasteiger partial charge in [-0.3, -0.25) is 0 Å². The van der Waals surface area contributed by atoms with Crippen LogP contribution in [0.2, 0.25) is 0 Å². The molecule has 2 aromatic rings. The Hall–Kier alpha value is -1.95. The molecule has 0 aliphatic heterocycles. The number of hydrogen-bond donors (Lipinski definition) is 1. The van der Waals surface area contributed by atoms with Crippen LogP contribution in [0.25, 0.3) is 5.65 Å². The number of nitrogens with zero attached hydrogens (tertiary/aromatic N) is 3. The highest BCUT2D eigenvalue weighted by Gasteiger charge is 2.13. The van der Waals surface area contributed by atoms with Gasteiger partial charge in [0.25, 0.3) is 0 Å². The summed E-state index contributed by atoms with van der Waals surface area (Å²) in [6.07, 6.45) is 5.68. The van der Waals surface area contributed by atoms with Crippen molar-refractivity contribution in [1.29, 1.82) is 0 Å². The van der Waals surface area contributed by atoms with E-state index >= 15 is 0 Å². The minimum atomic E-state index is -0.436. The van der Waals surface area contributed by atoms with Gasteiger partial charge in [-0.05, 0) is 18.5 Å². The van der Waals surface area contributed by atoms with Crippen molar-refractivity contribution < 1.29 is 9.53 Å². The number of esters is 1. The average molecular weight is 220 g/mol. The van der Waals surface area contributed by atoms with Crippen molar-refractivity contribution >= 4 is 11.6 Å². The molecule has 6 nitrogen and oxygen atoms in total. The smallest absolute Gasteiger partial charge is 0.343 e. The number of ether oxygens (including phenoxy) is 1. The van der Waals surface area contributed by atoms with E-state index in [-0.39, 0.29) is 0 Å². The van der Waals surface area contributed by atoms with E-state index in [4.69, 9.17) is 5.73 Å². The minimum absolute atomic E-state index is 0.363. The van der Waals surface area contributed by atoms with Gasteiger partial charge in [0.15, 0.2) is 5.65 Å². The predicted molar refractivity (Wildman–Crippen MR) is 57.1 cm³/mol. The first-order valence-corrected chi connectivity index (χ1v) is 4.87. The molecule has 0 aromatic carbocycles. The molecule has 16 heavy (non-hydrogen) atoms. The molecule has 2 aromatic heterocycles. The number of carbonyl (C=O) groups excluding carboxylic acids is 1. The number of carbonyl (C=O) groups is 1. The number of nitrogens with two attached hydrogens (primary N) is 1. The monoisotopic (exact) mass is 220 g/mol. The quantitative estimate of drug-likeness (QED) is 0.737. The van der Waals surface area contributed by atoms with Crippen molar-refractivity contribution in [3.8, 4) is 0 Å². The fraction of sp³-hybridized carbons (Fsp3) is 0.300. The van der Waals surface area contributed by atoms with Crippen LogP contribution in [0.4, 0.5) is 0 Å². The van der Waals surface area contributed by atoms with Gasteiger partial charge in [-0.25, -0.2) is 14.3 Å². The topological polar surface area (TPSA) is 82.5 Å². The molecule has 0 saturated carbocycles. The summed E-state index contributed by atoms with van der Waals surface area (Å²) in [6, 6.07) is 0. The molecule has 0 aliphatic rings. The third kappa shape index (κ3) is 1.74. The second-order valence-corrected chi connectivity index (χ2v) is 3.32. The third-order valence-electron chi connectivity index (χ3n) is 2.25. The van der Waals surface area contributed by atoms with Gasteiger partial charge in [-0.15, -0.1) is 0 Å². The van der Waals surface area contributed by atoms with E-state index in [0.29, 0.717) is 17.8 Å². The summed E-state index contributed by atoms with van der Waals surface area (Å²) in [5.74, 6) is -0.436. The molecule has 0 atom stereocenters. The lowest BCUT2D eigenvalue weighted by molar-refractivity contribution is 0.0602. The van der Waals surface area contributed by atoms with Crippen molar-refractivity contribution in [2.75, 3.05) is 13.7 Å². The lowest BCUT2D eigenvalue weighted by Gasteiger charge is -2.00. The zero-order chi connectivity index (χ0) is 11.5. The van der Waals surface area contributed by atoms with Gasteiger partial charge in [0.1, 0.15) is 5.56 Å². The lowest BCUT2D eigenvalue weighted by atomic mass is 10.2. The van der Waals surface area contributed by atoms with Crippen molar-refractivity contribution in [2.24, 2.45) is 5.73 Å². The van der Waals surface area contributed by atoms with E-state index in [0.717, 1.165) is 12.0 Å². The zero-order valence-corrected chi connectivity index (χ0v) is 8.88. The van der Waals surface area contributed by atoms with Gasteiger partial charge < -0.3 is 10.5 Å². The van der Waals surface area contributed by atoms with Crippen LogP contribution in [0.15, 0.2) is 18.6 Å². The molecule has 2 rings (SSSR count). The van der Waals surface area contributed by atoms with Gasteiger partial charge in [-0.2, -0.15) is 5.10 Å². The fourth-order valence-electron chi connectivity index (χ4n) is 1.46. The first kappa shape index (κ1) is 10.6. The minimum Gasteiger partial charge on any atom is -0.465 e. The summed E-state index contributed by atoms with van der Waals surface area (Å²) in [6.45, 7) is 0.554. The Balaban J connectivity index is 2.46. The Morgan fingerprint density at radius 2 is 2.38 bits per heavy atom. The van der Waals surface area contributed by atoms with Gasteiger partial charge in [0.05, 0.1) is 13.3 Å². The zero-order valence-electron chi connectivity index (χ0n) is 8.88. The molecule has 0 fully saturated rings. The highest BCUT2D eigenvalue weighted by atomic mass is 16.5. The Bertz CT molecular complexity index is 521. The van der Waals surface area contributed by atoms with Crippen LogP contribution in [-0.2, 0) is 11.2 Å². The second-order valence-electron chi connectivity index (χ2n) is 3.32. The molecule has 2 heterocycles. The van der Waals surface area contributed by atoms with Crippen LogP contribution in [0.1, 0.15) is 15.9 Å². The van der Waals surface area contributed by atoms with E-state index in [1.54, 1.807) is 10.7 Å². The molecule has 0 radical (unpaired) electrons. The number of rotatable bonds is 3. The number of hydrogen-bond acceptors (Lipinski definition) is 5. The largest absolute Gasteiger partial charge is 0.465 e. The highest BCUT2D eigenvalue weighted by molar-refractivity contribution is 5.95. The van der Waals surface area contributed by atoms with Crippen molar-refractivity contribution in [3.05, 3.63) is 29.7 Å². The van der Waals surface area contributed by atoms with Gasteiger partial charge in [0, 0.05) is 12.4 Å². The first-order valence-electron chi connectivity index (χ1n) is 4.87. The van der Waals surface area contributed by atoms with E-state index in [1.165, 1.54) is 13.3 Å². The first-order chi connectivity index (χ1) is 7.76. The molecular weight excluding hydrogens is 208 g/mol. The Morgan fingerprint density at radius 1 is 1.56 bits per heavy atom. The van der Waals surface area contributed by atoms with Crippen LogP contribution < -0.4 is 5.73 Å². The molecule has 2 N–H and O–H groups in total. The average Bonchev–Trinajstić information content (AvgIpc) is 2.71. The van der Waals surface area contributed by atoms with Crippen LogP contribution in [0, 0.1) is 0 Å². The van der Waals surface area contributed by atoms with Crippen LogP contribution in [0.3, 0.4) is 0 Å². The maximum atomic E-state index is 11.4. The maximum Gasteiger partial charge on any atom is 0.343 e. The van der Waals surface area contributed by atoms with Gasteiger partial charge in [0.2, 0.25) is 0 Å². The van der Waals surface area contributed by atoms with Gasteiger partial charge >= 0.3 is 5.97 Å². The summed E-state index contributed by atoms with van der Waals surface area (Å²) in [7, 11) is 1.33. The molecule has 0 aliphatic carbocycles. The van der Waals surface area contributed by atoms with E-state index < -0.39 is 5.97 Å². The molecule has 84 valence electrons. The number of methoxy groups -OCH3 is 1.